The number of nitrogens with zero attached hydrogens (tertiary/aromatic N) is 3. The summed E-state index contributed by atoms with van der Waals surface area (Å²) in [5.41, 5.74) is 0.338. The minimum absolute atomic E-state index is 0.0622. The van der Waals surface area contributed by atoms with E-state index in [9.17, 15) is 13.2 Å². The summed E-state index contributed by atoms with van der Waals surface area (Å²) in [6.07, 6.45) is -0.227. The van der Waals surface area contributed by atoms with Crippen LogP contribution in [0.3, 0.4) is 0 Å². The van der Waals surface area contributed by atoms with E-state index in [1.54, 1.807) is 18.2 Å². The number of halogens is 7. The Morgan fingerprint density at radius 1 is 1.17 bits per heavy atom. The van der Waals surface area contributed by atoms with Gasteiger partial charge in [-0.05, 0) is 43.0 Å². The van der Waals surface area contributed by atoms with Crippen molar-refractivity contribution in [2.75, 3.05) is 13.7 Å². The van der Waals surface area contributed by atoms with E-state index in [1.165, 1.54) is 7.11 Å². The topological polar surface area (TPSA) is 70.3 Å². The van der Waals surface area contributed by atoms with E-state index in [1.807, 2.05) is 0 Å². The average molecular weight is 571 g/mol. The Morgan fingerprint density at radius 2 is 1.94 bits per heavy atom. The highest BCUT2D eigenvalue weighted by atomic mass is 35.5. The second-order valence-electron chi connectivity index (χ2n) is 7.14. The molecule has 0 saturated heterocycles. The second kappa shape index (κ2) is 12.2. The first-order valence-corrected chi connectivity index (χ1v) is 11.7. The van der Waals surface area contributed by atoms with Gasteiger partial charge in [0, 0.05) is 12.6 Å². The summed E-state index contributed by atoms with van der Waals surface area (Å²) >= 11 is 23.8. The van der Waals surface area contributed by atoms with Crippen molar-refractivity contribution >= 4 is 46.4 Å². The van der Waals surface area contributed by atoms with Gasteiger partial charge in [0.1, 0.15) is 15.3 Å². The molecular weight excluding hydrogens is 553 g/mol. The summed E-state index contributed by atoms with van der Waals surface area (Å²) in [6.45, 7) is 0.195. The van der Waals surface area contributed by atoms with Crippen LogP contribution in [-0.4, -0.2) is 28.8 Å². The minimum atomic E-state index is -4.53. The zero-order valence-corrected chi connectivity index (χ0v) is 21.2. The van der Waals surface area contributed by atoms with E-state index < -0.39 is 11.7 Å². The van der Waals surface area contributed by atoms with Crippen molar-refractivity contribution in [1.29, 1.82) is 0 Å². The monoisotopic (exact) mass is 569 g/mol. The fourth-order valence-electron chi connectivity index (χ4n) is 3.04. The minimum Gasteiger partial charge on any atom is -0.495 e. The Morgan fingerprint density at radius 3 is 2.60 bits per heavy atom. The van der Waals surface area contributed by atoms with Crippen LogP contribution in [0.5, 0.6) is 11.6 Å². The molecule has 6 nitrogen and oxygen atoms in total. The first kappa shape index (κ1) is 27.4. The van der Waals surface area contributed by atoms with Crippen LogP contribution in [-0.2, 0) is 19.0 Å². The van der Waals surface area contributed by atoms with E-state index in [-0.39, 0.29) is 27.9 Å². The molecule has 0 aliphatic rings. The highest BCUT2D eigenvalue weighted by Gasteiger charge is 2.31. The van der Waals surface area contributed by atoms with Gasteiger partial charge in [-0.2, -0.15) is 18.2 Å². The molecule has 35 heavy (non-hydrogen) atoms. The van der Waals surface area contributed by atoms with Gasteiger partial charge in [-0.25, -0.2) is 4.98 Å². The Kier molecular flexibility index (Phi) is 9.52. The lowest BCUT2D eigenvalue weighted by Crippen LogP contribution is -2.07. The predicted molar refractivity (Wildman–Crippen MR) is 127 cm³/mol. The second-order valence-corrected chi connectivity index (χ2v) is 8.94. The van der Waals surface area contributed by atoms with Gasteiger partial charge in [0.15, 0.2) is 5.82 Å². The van der Waals surface area contributed by atoms with Crippen molar-refractivity contribution in [3.8, 4) is 23.1 Å². The lowest BCUT2D eigenvalue weighted by atomic mass is 10.0. The number of unbranched alkanes of at least 4 members (excludes halogenated alkanes) is 1. The number of hydrogen-bond acceptors (Lipinski definition) is 6. The fraction of sp³-hybridized carbons (Fsp3) is 0.318. The van der Waals surface area contributed by atoms with E-state index in [2.05, 4.69) is 15.1 Å². The quantitative estimate of drug-likeness (QED) is 0.232. The van der Waals surface area contributed by atoms with Gasteiger partial charge in [0.25, 0.3) is 5.89 Å². The molecule has 0 atom stereocenters. The van der Waals surface area contributed by atoms with Gasteiger partial charge in [-0.15, -0.1) is 0 Å². The number of aryl methyl sites for hydroxylation is 1. The molecule has 0 spiro atoms. The smallest absolute Gasteiger partial charge is 0.417 e. The lowest BCUT2D eigenvalue weighted by molar-refractivity contribution is -0.137. The maximum atomic E-state index is 12.7. The van der Waals surface area contributed by atoms with Crippen LogP contribution in [0.25, 0.3) is 11.5 Å². The summed E-state index contributed by atoms with van der Waals surface area (Å²) in [4.78, 5) is 8.06. The Balaban J connectivity index is 1.60. The van der Waals surface area contributed by atoms with Crippen LogP contribution in [0.4, 0.5) is 13.2 Å². The van der Waals surface area contributed by atoms with Gasteiger partial charge in [0.2, 0.25) is 5.88 Å². The molecule has 0 amide bonds. The molecular formula is C22H18Cl4F3N3O3. The van der Waals surface area contributed by atoms with E-state index >= 15 is 0 Å². The summed E-state index contributed by atoms with van der Waals surface area (Å²) in [7, 11) is 1.49. The standard InChI is InChI=1S/C22H18Cl4F3N3O3/c1-33-15-7-5-12(6-8-16(24)25)18(19(15)26)21-31-17(32-35-21)4-2-3-9-34-20-14(23)10-13(11-30-20)22(27,28)29/h5,7-8,10-11H,2-4,6,9H2,1H3. The van der Waals surface area contributed by atoms with Crippen molar-refractivity contribution in [2.24, 2.45) is 0 Å². The average Bonchev–Trinajstić information content (AvgIpc) is 3.26. The van der Waals surface area contributed by atoms with Crippen molar-refractivity contribution in [1.82, 2.24) is 15.1 Å². The van der Waals surface area contributed by atoms with Crippen LogP contribution in [0.15, 0.2) is 39.5 Å². The molecule has 0 saturated carbocycles. The van der Waals surface area contributed by atoms with E-state index in [4.69, 9.17) is 60.4 Å². The first-order chi connectivity index (χ1) is 16.6. The van der Waals surface area contributed by atoms with E-state index in [0.717, 1.165) is 11.6 Å². The summed E-state index contributed by atoms with van der Waals surface area (Å²) < 4.78 is 54.3. The van der Waals surface area contributed by atoms with Crippen molar-refractivity contribution < 1.29 is 27.2 Å². The number of ether oxygens (including phenoxy) is 2. The van der Waals surface area contributed by atoms with Crippen molar-refractivity contribution in [3.63, 3.8) is 0 Å². The molecule has 3 aromatic rings. The maximum absolute atomic E-state index is 12.7. The number of methoxy groups -OCH3 is 1. The molecule has 2 aromatic heterocycles. The molecule has 3 rings (SSSR count). The number of hydrogen-bond donors (Lipinski definition) is 0. The number of benzene rings is 1. The molecule has 0 aliphatic carbocycles. The predicted octanol–water partition coefficient (Wildman–Crippen LogP) is 7.73. The lowest BCUT2D eigenvalue weighted by Gasteiger charge is -2.10. The normalized spacial score (nSPS) is 11.4. The molecule has 0 fully saturated rings. The summed E-state index contributed by atoms with van der Waals surface area (Å²) in [5.74, 6) is 1.04. The number of pyridine rings is 1. The Bertz CT molecular complexity index is 1200. The molecule has 0 radical (unpaired) electrons. The van der Waals surface area contributed by atoms with Crippen LogP contribution >= 0.6 is 46.4 Å². The molecule has 0 N–H and O–H groups in total. The van der Waals surface area contributed by atoms with Crippen LogP contribution in [0.1, 0.15) is 29.8 Å². The highest BCUT2D eigenvalue weighted by molar-refractivity contribution is 6.55. The zero-order chi connectivity index (χ0) is 25.6. The van der Waals surface area contributed by atoms with Crippen molar-refractivity contribution in [2.45, 2.75) is 31.9 Å². The first-order valence-electron chi connectivity index (χ1n) is 10.1. The third kappa shape index (κ3) is 7.39. The van der Waals surface area contributed by atoms with Gasteiger partial charge in [-0.3, -0.25) is 0 Å². The largest absolute Gasteiger partial charge is 0.495 e. The maximum Gasteiger partial charge on any atom is 0.417 e. The fourth-order valence-corrected chi connectivity index (χ4v) is 3.76. The summed E-state index contributed by atoms with van der Waals surface area (Å²) in [6, 6.07) is 4.29. The Hall–Kier alpha value is -2.20. The van der Waals surface area contributed by atoms with Gasteiger partial charge >= 0.3 is 6.18 Å². The third-order valence-electron chi connectivity index (χ3n) is 4.74. The molecule has 188 valence electrons. The SMILES string of the molecule is COc1ccc(CC=C(Cl)Cl)c(-c2nc(CCCCOc3ncc(C(F)(F)F)cc3Cl)no2)c1Cl. The van der Waals surface area contributed by atoms with Crippen LogP contribution < -0.4 is 9.47 Å². The number of allylic oxidation sites excluding steroid dienone is 1. The molecule has 13 heteroatoms. The van der Waals surface area contributed by atoms with Gasteiger partial charge in [0.05, 0.1) is 29.9 Å². The summed E-state index contributed by atoms with van der Waals surface area (Å²) in [5, 5.41) is 4.10. The number of alkyl halides is 3. The van der Waals surface area contributed by atoms with E-state index in [0.29, 0.717) is 54.0 Å². The molecule has 0 unspecified atom stereocenters. The zero-order valence-electron chi connectivity index (χ0n) is 18.1. The molecule has 2 heterocycles. The Labute approximate surface area is 218 Å². The van der Waals surface area contributed by atoms with Crippen molar-refractivity contribution in [3.05, 3.63) is 62.0 Å². The van der Waals surface area contributed by atoms with Gasteiger partial charge < -0.3 is 14.0 Å². The number of aromatic nitrogens is 3. The van der Waals surface area contributed by atoms with Crippen LogP contribution in [0.2, 0.25) is 10.0 Å². The number of rotatable bonds is 10. The third-order valence-corrected chi connectivity index (χ3v) is 5.69. The molecule has 1 aromatic carbocycles. The molecule has 0 aliphatic heterocycles. The van der Waals surface area contributed by atoms with Gasteiger partial charge in [-0.1, -0.05) is 57.6 Å². The molecule has 0 bridgehead atoms. The highest BCUT2D eigenvalue weighted by Crippen LogP contribution is 2.38. The van der Waals surface area contributed by atoms with Crippen LogP contribution in [0, 0.1) is 0 Å².